The quantitative estimate of drug-likeness (QED) is 0.852. The molecule has 90 valence electrons. The number of rotatable bonds is 4. The van der Waals surface area contributed by atoms with Crippen LogP contribution in [0.1, 0.15) is 17.8 Å². The van der Waals surface area contributed by atoms with E-state index in [0.29, 0.717) is 5.13 Å². The van der Waals surface area contributed by atoms with Crippen LogP contribution in [0.4, 0.5) is 5.13 Å². The molecule has 5 nitrogen and oxygen atoms in total. The van der Waals surface area contributed by atoms with E-state index in [-0.39, 0.29) is 0 Å². The number of aromatic nitrogens is 2. The Morgan fingerprint density at radius 3 is 2.75 bits per heavy atom. The fourth-order valence-electron chi connectivity index (χ4n) is 2.07. The van der Waals surface area contributed by atoms with E-state index in [1.807, 2.05) is 0 Å². The zero-order chi connectivity index (χ0) is 11.4. The number of methoxy groups -OCH3 is 1. The molecule has 1 saturated heterocycles. The molecule has 0 bridgehead atoms. The van der Waals surface area contributed by atoms with Gasteiger partial charge in [0.1, 0.15) is 5.01 Å². The summed E-state index contributed by atoms with van der Waals surface area (Å²) in [5.74, 6) is 0.723. The van der Waals surface area contributed by atoms with Crippen molar-refractivity contribution in [2.24, 2.45) is 5.92 Å². The van der Waals surface area contributed by atoms with E-state index >= 15 is 0 Å². The maximum absolute atomic E-state index is 5.56. The number of likely N-dealkylation sites (tertiary alicyclic amines) is 1. The van der Waals surface area contributed by atoms with Crippen molar-refractivity contribution in [1.29, 1.82) is 0 Å². The summed E-state index contributed by atoms with van der Waals surface area (Å²) >= 11 is 1.48. The predicted molar refractivity (Wildman–Crippen MR) is 64.2 cm³/mol. The van der Waals surface area contributed by atoms with Crippen LogP contribution in [0.2, 0.25) is 0 Å². The van der Waals surface area contributed by atoms with Gasteiger partial charge in [-0.2, -0.15) is 0 Å². The number of nitrogens with two attached hydrogens (primary N) is 1. The Hall–Kier alpha value is -0.720. The number of ether oxygens (including phenoxy) is 1. The Morgan fingerprint density at radius 1 is 1.44 bits per heavy atom. The molecule has 2 rings (SSSR count). The molecule has 2 heterocycles. The van der Waals surface area contributed by atoms with Gasteiger partial charge >= 0.3 is 0 Å². The third kappa shape index (κ3) is 3.13. The molecule has 0 unspecified atom stereocenters. The number of nitrogens with zero attached hydrogens (tertiary/aromatic N) is 3. The van der Waals surface area contributed by atoms with Crippen molar-refractivity contribution in [2.45, 2.75) is 19.4 Å². The highest BCUT2D eigenvalue weighted by molar-refractivity contribution is 7.15. The van der Waals surface area contributed by atoms with Gasteiger partial charge < -0.3 is 10.5 Å². The molecule has 0 aliphatic carbocycles. The molecule has 1 aromatic rings. The second-order valence-corrected chi connectivity index (χ2v) is 5.30. The third-order valence-corrected chi connectivity index (χ3v) is 3.69. The first-order chi connectivity index (χ1) is 7.78. The first-order valence-corrected chi connectivity index (χ1v) is 6.38. The van der Waals surface area contributed by atoms with Crippen molar-refractivity contribution in [3.05, 3.63) is 5.01 Å². The molecule has 0 spiro atoms. The van der Waals surface area contributed by atoms with Crippen LogP contribution in [0, 0.1) is 5.92 Å². The first-order valence-electron chi connectivity index (χ1n) is 5.57. The summed E-state index contributed by atoms with van der Waals surface area (Å²) in [5, 5.41) is 9.44. The Labute approximate surface area is 99.6 Å². The van der Waals surface area contributed by atoms with Crippen LogP contribution in [0.15, 0.2) is 0 Å². The van der Waals surface area contributed by atoms with E-state index in [1.54, 1.807) is 7.11 Å². The van der Waals surface area contributed by atoms with Gasteiger partial charge in [0.15, 0.2) is 0 Å². The van der Waals surface area contributed by atoms with Gasteiger partial charge in [0.2, 0.25) is 5.13 Å². The Kier molecular flexibility index (Phi) is 4.09. The molecule has 0 amide bonds. The van der Waals surface area contributed by atoms with Gasteiger partial charge in [-0.05, 0) is 31.8 Å². The van der Waals surface area contributed by atoms with E-state index in [9.17, 15) is 0 Å². The molecule has 1 fully saturated rings. The van der Waals surface area contributed by atoms with Crippen molar-refractivity contribution < 1.29 is 4.74 Å². The third-order valence-electron chi connectivity index (χ3n) is 2.95. The van der Waals surface area contributed by atoms with Crippen LogP contribution < -0.4 is 5.73 Å². The van der Waals surface area contributed by atoms with Crippen LogP contribution in [0.25, 0.3) is 0 Å². The van der Waals surface area contributed by atoms with Gasteiger partial charge in [0, 0.05) is 13.7 Å². The minimum atomic E-state index is 0.560. The van der Waals surface area contributed by atoms with Gasteiger partial charge in [0.25, 0.3) is 0 Å². The van der Waals surface area contributed by atoms with Crippen molar-refractivity contribution in [3.8, 4) is 0 Å². The minimum Gasteiger partial charge on any atom is -0.384 e. The molecule has 6 heteroatoms. The van der Waals surface area contributed by atoms with Gasteiger partial charge in [-0.1, -0.05) is 11.3 Å². The molecule has 0 saturated carbocycles. The standard InChI is InChI=1S/C10H18N4OS/c1-15-7-8-2-4-14(5-3-8)6-9-12-13-10(11)16-9/h8H,2-7H2,1H3,(H2,11,13). The Balaban J connectivity index is 1.77. The monoisotopic (exact) mass is 242 g/mol. The number of hydrogen-bond donors (Lipinski definition) is 1. The van der Waals surface area contributed by atoms with E-state index in [4.69, 9.17) is 10.5 Å². The largest absolute Gasteiger partial charge is 0.384 e. The van der Waals surface area contributed by atoms with Crippen molar-refractivity contribution >= 4 is 16.5 Å². The van der Waals surface area contributed by atoms with Gasteiger partial charge in [-0.15, -0.1) is 10.2 Å². The fraction of sp³-hybridized carbons (Fsp3) is 0.800. The molecule has 16 heavy (non-hydrogen) atoms. The summed E-state index contributed by atoms with van der Waals surface area (Å²) in [6.45, 7) is 4.01. The zero-order valence-corrected chi connectivity index (χ0v) is 10.4. The molecular weight excluding hydrogens is 224 g/mol. The topological polar surface area (TPSA) is 64.3 Å². The van der Waals surface area contributed by atoms with Crippen LogP contribution in [0.3, 0.4) is 0 Å². The van der Waals surface area contributed by atoms with E-state index in [1.165, 1.54) is 24.2 Å². The molecule has 1 aliphatic rings. The number of piperidine rings is 1. The summed E-state index contributed by atoms with van der Waals surface area (Å²) < 4.78 is 5.18. The van der Waals surface area contributed by atoms with Crippen LogP contribution in [0.5, 0.6) is 0 Å². The van der Waals surface area contributed by atoms with Crippen LogP contribution in [-0.4, -0.2) is 41.9 Å². The van der Waals surface area contributed by atoms with Crippen molar-refractivity contribution in [2.75, 3.05) is 32.5 Å². The van der Waals surface area contributed by atoms with Crippen LogP contribution >= 0.6 is 11.3 Å². The summed E-state index contributed by atoms with van der Waals surface area (Å²) in [6, 6.07) is 0. The SMILES string of the molecule is COCC1CCN(Cc2nnc(N)s2)CC1. The van der Waals surface area contributed by atoms with Crippen molar-refractivity contribution in [1.82, 2.24) is 15.1 Å². The summed E-state index contributed by atoms with van der Waals surface area (Å²) in [7, 11) is 1.77. The van der Waals surface area contributed by atoms with Gasteiger partial charge in [0.05, 0.1) is 6.54 Å². The molecule has 1 aliphatic heterocycles. The minimum absolute atomic E-state index is 0.560. The highest BCUT2D eigenvalue weighted by atomic mass is 32.1. The Bertz CT molecular complexity index is 322. The lowest BCUT2D eigenvalue weighted by Crippen LogP contribution is -2.34. The normalized spacial score (nSPS) is 19.1. The van der Waals surface area contributed by atoms with E-state index in [0.717, 1.165) is 37.2 Å². The fourth-order valence-corrected chi connectivity index (χ4v) is 2.72. The van der Waals surface area contributed by atoms with E-state index < -0.39 is 0 Å². The lowest BCUT2D eigenvalue weighted by Gasteiger charge is -2.30. The molecule has 2 N–H and O–H groups in total. The van der Waals surface area contributed by atoms with E-state index in [2.05, 4.69) is 15.1 Å². The summed E-state index contributed by atoms with van der Waals surface area (Å²) in [4.78, 5) is 2.41. The molecule has 0 aromatic carbocycles. The average molecular weight is 242 g/mol. The lowest BCUT2D eigenvalue weighted by atomic mass is 9.98. The van der Waals surface area contributed by atoms with Gasteiger partial charge in [-0.3, -0.25) is 4.90 Å². The highest BCUT2D eigenvalue weighted by Crippen LogP contribution is 2.20. The summed E-state index contributed by atoms with van der Waals surface area (Å²) in [5.41, 5.74) is 5.56. The maximum Gasteiger partial charge on any atom is 0.203 e. The molecule has 1 aromatic heterocycles. The second-order valence-electron chi connectivity index (χ2n) is 4.21. The average Bonchev–Trinajstić information content (AvgIpc) is 2.67. The maximum atomic E-state index is 5.56. The summed E-state index contributed by atoms with van der Waals surface area (Å²) in [6.07, 6.45) is 2.42. The number of nitrogen functional groups attached to an aromatic ring is 1. The number of anilines is 1. The Morgan fingerprint density at radius 2 is 2.19 bits per heavy atom. The van der Waals surface area contributed by atoms with Crippen LogP contribution in [-0.2, 0) is 11.3 Å². The lowest BCUT2D eigenvalue weighted by molar-refractivity contribution is 0.0967. The predicted octanol–water partition coefficient (Wildman–Crippen LogP) is 0.979. The zero-order valence-electron chi connectivity index (χ0n) is 9.56. The van der Waals surface area contributed by atoms with Crippen molar-refractivity contribution in [3.63, 3.8) is 0 Å². The second kappa shape index (κ2) is 5.56. The smallest absolute Gasteiger partial charge is 0.203 e. The molecule has 0 radical (unpaired) electrons. The first kappa shape index (κ1) is 11.8. The molecule has 0 atom stereocenters. The highest BCUT2D eigenvalue weighted by Gasteiger charge is 2.19. The van der Waals surface area contributed by atoms with Gasteiger partial charge in [-0.25, -0.2) is 0 Å². The number of hydrogen-bond acceptors (Lipinski definition) is 6. The molecular formula is C10H18N4OS.